The molecule has 0 radical (unpaired) electrons. The van der Waals surface area contributed by atoms with E-state index in [0.29, 0.717) is 42.5 Å². The van der Waals surface area contributed by atoms with E-state index in [0.717, 1.165) is 47.7 Å². The van der Waals surface area contributed by atoms with E-state index in [1.807, 2.05) is 55.1 Å². The normalized spacial score (nSPS) is 13.8. The highest BCUT2D eigenvalue weighted by Gasteiger charge is 2.24. The van der Waals surface area contributed by atoms with E-state index in [1.54, 1.807) is 44.4 Å². The lowest BCUT2D eigenvalue weighted by Gasteiger charge is -2.35. The van der Waals surface area contributed by atoms with Crippen LogP contribution in [0.5, 0.6) is 11.5 Å². The molecule has 0 spiro atoms. The molecule has 0 saturated carbocycles. The molecule has 10 heteroatoms. The Hall–Kier alpha value is -4.44. The molecule has 0 unspecified atom stereocenters. The van der Waals surface area contributed by atoms with Crippen LogP contribution in [0.1, 0.15) is 27.4 Å². The van der Waals surface area contributed by atoms with Crippen LogP contribution < -0.4 is 14.4 Å². The number of methoxy groups -OCH3 is 2. The molecule has 3 heterocycles. The second-order valence-electron chi connectivity index (χ2n) is 10.6. The van der Waals surface area contributed by atoms with E-state index in [-0.39, 0.29) is 18.2 Å². The van der Waals surface area contributed by atoms with Crippen molar-refractivity contribution in [1.82, 2.24) is 24.3 Å². The average molecular weight is 571 g/mol. The van der Waals surface area contributed by atoms with Crippen LogP contribution in [0.2, 0.25) is 0 Å². The summed E-state index contributed by atoms with van der Waals surface area (Å²) in [6.45, 7) is 8.21. The third kappa shape index (κ3) is 6.23. The Bertz CT molecular complexity index is 1570. The smallest absolute Gasteiger partial charge is 0.254 e. The number of pyridine rings is 1. The molecule has 1 aliphatic rings. The van der Waals surface area contributed by atoms with Gasteiger partial charge in [0.2, 0.25) is 5.91 Å². The number of ether oxygens (including phenoxy) is 2. The maximum Gasteiger partial charge on any atom is 0.254 e. The largest absolute Gasteiger partial charge is 0.493 e. The van der Waals surface area contributed by atoms with Crippen molar-refractivity contribution in [2.45, 2.75) is 26.8 Å². The number of fused-ring (bicyclic) bond motifs is 1. The standard InChI is InChI=1S/C32H38N6O4/c1-22-18-23(2)33-29(19-22)35(3)31(39)21-30-34-25-8-6-7-9-26(25)38(30)17-14-36-12-15-37(16-13-36)32(40)24-10-11-27(41-4)28(20-24)42-5/h6-11,18-20H,12-17,21H2,1-5H3. The molecule has 5 rings (SSSR count). The number of benzene rings is 2. The van der Waals surface area contributed by atoms with Crippen LogP contribution in [-0.4, -0.2) is 90.1 Å². The summed E-state index contributed by atoms with van der Waals surface area (Å²) in [5.74, 6) is 2.44. The molecule has 0 aliphatic carbocycles. The quantitative estimate of drug-likeness (QED) is 0.303. The number of aryl methyl sites for hydroxylation is 2. The van der Waals surface area contributed by atoms with Gasteiger partial charge in [-0.3, -0.25) is 19.4 Å². The van der Waals surface area contributed by atoms with Gasteiger partial charge in [-0.2, -0.15) is 0 Å². The molecule has 0 atom stereocenters. The predicted octanol–water partition coefficient (Wildman–Crippen LogP) is 3.73. The number of carbonyl (C=O) groups is 2. The predicted molar refractivity (Wildman–Crippen MR) is 162 cm³/mol. The average Bonchev–Trinajstić information content (AvgIpc) is 3.35. The first-order valence-electron chi connectivity index (χ1n) is 14.2. The van der Waals surface area contributed by atoms with Crippen molar-refractivity contribution >= 4 is 28.7 Å². The number of para-hydroxylation sites is 2. The lowest BCUT2D eigenvalue weighted by Crippen LogP contribution is -2.49. The Balaban J connectivity index is 1.24. The minimum Gasteiger partial charge on any atom is -0.493 e. The zero-order valence-electron chi connectivity index (χ0n) is 25.0. The van der Waals surface area contributed by atoms with E-state index in [2.05, 4.69) is 14.5 Å². The van der Waals surface area contributed by atoms with Gasteiger partial charge in [0.05, 0.1) is 31.7 Å². The van der Waals surface area contributed by atoms with E-state index in [4.69, 9.17) is 14.5 Å². The molecule has 4 aromatic rings. The number of hydrogen-bond donors (Lipinski definition) is 0. The summed E-state index contributed by atoms with van der Waals surface area (Å²) in [7, 11) is 4.91. The highest BCUT2D eigenvalue weighted by molar-refractivity contribution is 5.95. The van der Waals surface area contributed by atoms with Crippen LogP contribution in [0.15, 0.2) is 54.6 Å². The van der Waals surface area contributed by atoms with Gasteiger partial charge >= 0.3 is 0 Å². The van der Waals surface area contributed by atoms with E-state index >= 15 is 0 Å². The molecule has 10 nitrogen and oxygen atoms in total. The maximum atomic E-state index is 13.3. The van der Waals surface area contributed by atoms with Crippen LogP contribution in [-0.2, 0) is 17.8 Å². The lowest BCUT2D eigenvalue weighted by atomic mass is 10.1. The molecule has 1 aliphatic heterocycles. The Morgan fingerprint density at radius 1 is 0.881 bits per heavy atom. The second kappa shape index (κ2) is 12.6. The molecule has 2 amide bonds. The number of anilines is 1. The van der Waals surface area contributed by atoms with Crippen LogP contribution >= 0.6 is 0 Å². The van der Waals surface area contributed by atoms with Crippen molar-refractivity contribution in [2.24, 2.45) is 0 Å². The summed E-state index contributed by atoms with van der Waals surface area (Å²) in [6.07, 6.45) is 0.174. The van der Waals surface area contributed by atoms with Gasteiger partial charge < -0.3 is 18.9 Å². The molecule has 42 heavy (non-hydrogen) atoms. The zero-order chi connectivity index (χ0) is 29.8. The lowest BCUT2D eigenvalue weighted by molar-refractivity contribution is -0.117. The Labute approximate surface area is 246 Å². The number of piperazine rings is 1. The Kier molecular flexibility index (Phi) is 8.72. The van der Waals surface area contributed by atoms with Crippen molar-refractivity contribution in [1.29, 1.82) is 0 Å². The summed E-state index contributed by atoms with van der Waals surface area (Å²) in [4.78, 5) is 41.7. The van der Waals surface area contributed by atoms with Crippen molar-refractivity contribution < 1.29 is 19.1 Å². The molecule has 0 N–H and O–H groups in total. The fourth-order valence-electron chi connectivity index (χ4n) is 5.45. The van der Waals surface area contributed by atoms with Gasteiger partial charge in [0, 0.05) is 57.6 Å². The molecule has 2 aromatic carbocycles. The molecule has 0 bridgehead atoms. The highest BCUT2D eigenvalue weighted by Crippen LogP contribution is 2.28. The molecule has 1 saturated heterocycles. The van der Waals surface area contributed by atoms with E-state index in [1.165, 1.54) is 0 Å². The first-order valence-corrected chi connectivity index (χ1v) is 14.2. The molecule has 2 aromatic heterocycles. The second-order valence-corrected chi connectivity index (χ2v) is 10.6. The van der Waals surface area contributed by atoms with Gasteiger partial charge in [0.25, 0.3) is 5.91 Å². The fourth-order valence-corrected chi connectivity index (χ4v) is 5.45. The number of imidazole rings is 1. The van der Waals surface area contributed by atoms with Gasteiger partial charge in [-0.1, -0.05) is 12.1 Å². The highest BCUT2D eigenvalue weighted by atomic mass is 16.5. The first-order chi connectivity index (χ1) is 20.3. The SMILES string of the molecule is COc1ccc(C(=O)N2CCN(CCn3c(CC(=O)N(C)c4cc(C)cc(C)n4)nc4ccccc43)CC2)cc1OC. The summed E-state index contributed by atoms with van der Waals surface area (Å²) >= 11 is 0. The van der Waals surface area contributed by atoms with E-state index < -0.39 is 0 Å². The van der Waals surface area contributed by atoms with Crippen LogP contribution in [0.4, 0.5) is 5.82 Å². The number of likely N-dealkylation sites (N-methyl/N-ethyl adjacent to an activating group) is 1. The summed E-state index contributed by atoms with van der Waals surface area (Å²) in [5.41, 5.74) is 4.41. The van der Waals surface area contributed by atoms with Crippen molar-refractivity contribution in [3.8, 4) is 11.5 Å². The summed E-state index contributed by atoms with van der Waals surface area (Å²) in [6, 6.07) is 17.2. The Morgan fingerprint density at radius 2 is 1.62 bits per heavy atom. The van der Waals surface area contributed by atoms with Gasteiger partial charge in [-0.15, -0.1) is 0 Å². The molecule has 1 fully saturated rings. The van der Waals surface area contributed by atoms with Crippen LogP contribution in [0, 0.1) is 13.8 Å². The number of carbonyl (C=O) groups excluding carboxylic acids is 2. The third-order valence-electron chi connectivity index (χ3n) is 7.77. The van der Waals surface area contributed by atoms with Gasteiger partial charge in [-0.25, -0.2) is 9.97 Å². The van der Waals surface area contributed by atoms with Gasteiger partial charge in [-0.05, 0) is 61.9 Å². The Morgan fingerprint density at radius 3 is 2.33 bits per heavy atom. The van der Waals surface area contributed by atoms with Crippen molar-refractivity contribution in [3.63, 3.8) is 0 Å². The zero-order valence-corrected chi connectivity index (χ0v) is 25.0. The molecular formula is C32H38N6O4. The maximum absolute atomic E-state index is 13.3. The number of rotatable bonds is 9. The third-order valence-corrected chi connectivity index (χ3v) is 7.77. The fraction of sp³-hybridized carbons (Fsp3) is 0.375. The number of amides is 2. The summed E-state index contributed by atoms with van der Waals surface area (Å²) < 4.78 is 12.8. The molecular weight excluding hydrogens is 532 g/mol. The minimum absolute atomic E-state index is 0.0144. The number of hydrogen-bond acceptors (Lipinski definition) is 7. The number of nitrogens with zero attached hydrogens (tertiary/aromatic N) is 6. The van der Waals surface area contributed by atoms with Crippen LogP contribution in [0.25, 0.3) is 11.0 Å². The van der Waals surface area contributed by atoms with Crippen molar-refractivity contribution in [3.05, 3.63) is 77.2 Å². The van der Waals surface area contributed by atoms with Gasteiger partial charge in [0.1, 0.15) is 11.6 Å². The van der Waals surface area contributed by atoms with E-state index in [9.17, 15) is 9.59 Å². The minimum atomic E-state index is -0.0636. The molecule has 220 valence electrons. The van der Waals surface area contributed by atoms with Gasteiger partial charge in [0.15, 0.2) is 11.5 Å². The monoisotopic (exact) mass is 570 g/mol. The first kappa shape index (κ1) is 29.1. The number of aromatic nitrogens is 3. The topological polar surface area (TPSA) is 93.0 Å². The van der Waals surface area contributed by atoms with Crippen LogP contribution in [0.3, 0.4) is 0 Å². The summed E-state index contributed by atoms with van der Waals surface area (Å²) in [5, 5.41) is 0. The van der Waals surface area contributed by atoms with Crippen molar-refractivity contribution in [2.75, 3.05) is 58.9 Å².